The number of nitrogens with zero attached hydrogens (tertiary/aromatic N) is 1. The zero-order valence-electron chi connectivity index (χ0n) is 14.8. The molecule has 2 aromatic rings. The number of rotatable bonds is 2. The Morgan fingerprint density at radius 2 is 1.92 bits per heavy atom. The molecular formula is C18H23N5O2S. The molecule has 0 bridgehead atoms. The minimum Gasteiger partial charge on any atom is -0.358 e. The molecule has 1 fully saturated rings. The second-order valence-corrected chi connectivity index (χ2v) is 7.28. The average molecular weight is 373 g/mol. The van der Waals surface area contributed by atoms with Crippen molar-refractivity contribution in [3.8, 4) is 0 Å². The fourth-order valence-corrected chi connectivity index (χ4v) is 3.65. The van der Waals surface area contributed by atoms with Crippen LogP contribution in [0.25, 0.3) is 10.8 Å². The molecule has 1 aliphatic carbocycles. The van der Waals surface area contributed by atoms with Gasteiger partial charge >= 0.3 is 0 Å². The van der Waals surface area contributed by atoms with Crippen molar-refractivity contribution in [1.82, 2.24) is 26.4 Å². The zero-order chi connectivity index (χ0) is 18.7. The summed E-state index contributed by atoms with van der Waals surface area (Å²) in [7, 11) is 0. The molecule has 3 rings (SSSR count). The molecule has 0 saturated heterocycles. The molecule has 4 N–H and O–H groups in total. The number of hydrazine groups is 1. The van der Waals surface area contributed by atoms with Gasteiger partial charge in [0.05, 0.1) is 5.39 Å². The average Bonchev–Trinajstić information content (AvgIpc) is 2.64. The van der Waals surface area contributed by atoms with Gasteiger partial charge in [0, 0.05) is 11.4 Å². The lowest BCUT2D eigenvalue weighted by Gasteiger charge is -2.35. The Labute approximate surface area is 156 Å². The Bertz CT molecular complexity index is 881. The first-order valence-electron chi connectivity index (χ1n) is 8.81. The highest BCUT2D eigenvalue weighted by molar-refractivity contribution is 7.80. The molecule has 0 unspecified atom stereocenters. The van der Waals surface area contributed by atoms with Crippen LogP contribution in [-0.2, 0) is 0 Å². The Hall–Kier alpha value is -2.48. The van der Waals surface area contributed by atoms with Crippen molar-refractivity contribution in [1.29, 1.82) is 0 Å². The quantitative estimate of drug-likeness (QED) is 0.474. The highest BCUT2D eigenvalue weighted by atomic mass is 32.1. The van der Waals surface area contributed by atoms with Crippen molar-refractivity contribution in [2.75, 3.05) is 0 Å². The first-order valence-corrected chi connectivity index (χ1v) is 9.22. The summed E-state index contributed by atoms with van der Waals surface area (Å²) in [5.41, 5.74) is 5.08. The minimum atomic E-state index is -0.466. The Balaban J connectivity index is 1.63. The van der Waals surface area contributed by atoms with Crippen molar-refractivity contribution in [2.24, 2.45) is 11.8 Å². The number of H-pyrrole nitrogens is 1. The van der Waals surface area contributed by atoms with E-state index in [0.717, 1.165) is 6.42 Å². The lowest BCUT2D eigenvalue weighted by atomic mass is 9.78. The normalized spacial score (nSPS) is 22.6. The molecular weight excluding hydrogens is 350 g/mol. The van der Waals surface area contributed by atoms with Gasteiger partial charge in [-0.1, -0.05) is 44.9 Å². The molecule has 3 atom stereocenters. The number of carbonyl (C=O) groups is 1. The van der Waals surface area contributed by atoms with Crippen LogP contribution < -0.4 is 21.7 Å². The van der Waals surface area contributed by atoms with Crippen LogP contribution in [0.15, 0.2) is 29.1 Å². The van der Waals surface area contributed by atoms with E-state index in [2.05, 4.69) is 40.2 Å². The van der Waals surface area contributed by atoms with Crippen LogP contribution in [0.3, 0.4) is 0 Å². The number of amides is 1. The Morgan fingerprint density at radius 1 is 1.19 bits per heavy atom. The first kappa shape index (κ1) is 18.3. The molecule has 1 aromatic heterocycles. The highest BCUT2D eigenvalue weighted by Crippen LogP contribution is 2.29. The molecule has 0 aliphatic heterocycles. The number of hydrogen-bond donors (Lipinski definition) is 4. The van der Waals surface area contributed by atoms with Gasteiger partial charge in [-0.3, -0.25) is 20.4 Å². The summed E-state index contributed by atoms with van der Waals surface area (Å²) in [5.74, 6) is 0.700. The van der Waals surface area contributed by atoms with Gasteiger partial charge in [-0.25, -0.2) is 5.10 Å². The van der Waals surface area contributed by atoms with Gasteiger partial charge in [-0.15, -0.1) is 0 Å². The topological polar surface area (TPSA) is 98.9 Å². The van der Waals surface area contributed by atoms with Crippen molar-refractivity contribution in [2.45, 2.75) is 39.2 Å². The molecule has 7 nitrogen and oxygen atoms in total. The molecule has 138 valence electrons. The molecule has 0 spiro atoms. The third-order valence-corrected chi connectivity index (χ3v) is 5.44. The highest BCUT2D eigenvalue weighted by Gasteiger charge is 2.27. The monoisotopic (exact) mass is 373 g/mol. The maximum Gasteiger partial charge on any atom is 0.290 e. The minimum absolute atomic E-state index is 0.134. The van der Waals surface area contributed by atoms with Crippen LogP contribution in [0.5, 0.6) is 0 Å². The van der Waals surface area contributed by atoms with Crippen LogP contribution >= 0.6 is 12.2 Å². The Kier molecular flexibility index (Phi) is 5.51. The molecule has 1 aromatic carbocycles. The fraction of sp³-hybridized carbons (Fsp3) is 0.444. The summed E-state index contributed by atoms with van der Waals surface area (Å²) in [6, 6.07) is 7.13. The second-order valence-electron chi connectivity index (χ2n) is 6.87. The van der Waals surface area contributed by atoms with Gasteiger partial charge in [-0.2, -0.15) is 5.10 Å². The number of aromatic nitrogens is 2. The first-order chi connectivity index (χ1) is 12.5. The molecule has 26 heavy (non-hydrogen) atoms. The summed E-state index contributed by atoms with van der Waals surface area (Å²) in [5, 5.41) is 10.8. The van der Waals surface area contributed by atoms with E-state index in [1.165, 1.54) is 12.8 Å². The van der Waals surface area contributed by atoms with Gasteiger partial charge in [0.25, 0.3) is 11.5 Å². The number of benzene rings is 1. The van der Waals surface area contributed by atoms with E-state index >= 15 is 0 Å². The maximum absolute atomic E-state index is 12.4. The predicted molar refractivity (Wildman–Crippen MR) is 105 cm³/mol. The van der Waals surface area contributed by atoms with Gasteiger partial charge in [0.2, 0.25) is 0 Å². The van der Waals surface area contributed by atoms with Gasteiger partial charge in [0.15, 0.2) is 10.8 Å². The lowest BCUT2D eigenvalue weighted by molar-refractivity contribution is 0.0939. The van der Waals surface area contributed by atoms with Gasteiger partial charge in [-0.05, 0) is 36.5 Å². The van der Waals surface area contributed by atoms with E-state index in [4.69, 9.17) is 12.2 Å². The Morgan fingerprint density at radius 3 is 2.69 bits per heavy atom. The van der Waals surface area contributed by atoms with Gasteiger partial charge in [0.1, 0.15) is 0 Å². The number of carbonyl (C=O) groups excluding carboxylic acids is 1. The smallest absolute Gasteiger partial charge is 0.290 e. The van der Waals surface area contributed by atoms with E-state index in [1.54, 1.807) is 24.3 Å². The van der Waals surface area contributed by atoms with Crippen molar-refractivity contribution >= 4 is 34.0 Å². The van der Waals surface area contributed by atoms with Crippen molar-refractivity contribution in [3.05, 3.63) is 40.3 Å². The van der Waals surface area contributed by atoms with E-state index in [-0.39, 0.29) is 11.3 Å². The molecule has 1 heterocycles. The molecule has 8 heteroatoms. The van der Waals surface area contributed by atoms with Crippen LogP contribution in [0.2, 0.25) is 0 Å². The second kappa shape index (κ2) is 7.82. The predicted octanol–water partition coefficient (Wildman–Crippen LogP) is 1.86. The number of thiocarbonyl (C=S) groups is 1. The number of nitrogens with one attached hydrogen (secondary N) is 4. The van der Waals surface area contributed by atoms with Crippen LogP contribution in [0.4, 0.5) is 0 Å². The summed E-state index contributed by atoms with van der Waals surface area (Å²) in [6.45, 7) is 4.47. The van der Waals surface area contributed by atoms with Crippen LogP contribution in [0.1, 0.15) is 43.6 Å². The van der Waals surface area contributed by atoms with Crippen molar-refractivity contribution < 1.29 is 4.79 Å². The van der Waals surface area contributed by atoms with Crippen LogP contribution in [0, 0.1) is 11.8 Å². The SMILES string of the molecule is C[C@@H]1[C@H](C)CCC[C@@H]1NC(=S)NNC(=O)c1n[nH]c(=O)c2ccccc12. The zero-order valence-corrected chi connectivity index (χ0v) is 15.7. The maximum atomic E-state index is 12.4. The molecule has 1 amide bonds. The summed E-state index contributed by atoms with van der Waals surface area (Å²) in [4.78, 5) is 24.2. The largest absolute Gasteiger partial charge is 0.358 e. The van der Waals surface area contributed by atoms with Crippen LogP contribution in [-0.4, -0.2) is 27.3 Å². The number of fused-ring (bicyclic) bond motifs is 1. The third kappa shape index (κ3) is 3.85. The number of hydrogen-bond acceptors (Lipinski definition) is 4. The molecule has 1 saturated carbocycles. The lowest BCUT2D eigenvalue weighted by Crippen LogP contribution is -2.52. The standard InChI is InChI=1S/C18H23N5O2S/c1-10-6-5-9-14(11(10)2)19-18(26)23-22-17(25)15-12-7-3-4-8-13(12)16(24)21-20-15/h3-4,7-8,10-11,14H,5-6,9H2,1-2H3,(H,21,24)(H,22,25)(H2,19,23,26)/t10-,11-,14+/m1/s1. The molecule has 1 aliphatic rings. The molecule has 0 radical (unpaired) electrons. The van der Waals surface area contributed by atoms with E-state index < -0.39 is 5.91 Å². The summed E-state index contributed by atoms with van der Waals surface area (Å²) >= 11 is 5.30. The van der Waals surface area contributed by atoms with E-state index in [9.17, 15) is 9.59 Å². The van der Waals surface area contributed by atoms with E-state index in [1.807, 2.05) is 0 Å². The van der Waals surface area contributed by atoms with Gasteiger partial charge < -0.3 is 5.32 Å². The summed E-state index contributed by atoms with van der Waals surface area (Å²) < 4.78 is 0. The number of aromatic amines is 1. The summed E-state index contributed by atoms with van der Waals surface area (Å²) in [6.07, 6.45) is 3.47. The van der Waals surface area contributed by atoms with Crippen molar-refractivity contribution in [3.63, 3.8) is 0 Å². The third-order valence-electron chi connectivity index (χ3n) is 5.22. The van der Waals surface area contributed by atoms with E-state index in [0.29, 0.717) is 33.8 Å². The fourth-order valence-electron chi connectivity index (χ4n) is 3.45.